The third-order valence-corrected chi connectivity index (χ3v) is 5.63. The molecule has 1 aromatic carbocycles. The monoisotopic (exact) mass is 440 g/mol. The molecule has 0 saturated carbocycles. The Balaban J connectivity index is 1.22. The maximum absolute atomic E-state index is 12.1. The first-order valence-electron chi connectivity index (χ1n) is 11.6. The fourth-order valence-corrected chi connectivity index (χ4v) is 3.80. The van der Waals surface area contributed by atoms with E-state index in [0.717, 1.165) is 56.2 Å². The molecule has 172 valence electrons. The van der Waals surface area contributed by atoms with Crippen molar-refractivity contribution in [3.05, 3.63) is 47.8 Å². The van der Waals surface area contributed by atoms with Crippen LogP contribution in [0.4, 0.5) is 0 Å². The van der Waals surface area contributed by atoms with Gasteiger partial charge in [-0.15, -0.1) is 5.10 Å². The summed E-state index contributed by atoms with van der Waals surface area (Å²) in [5.41, 5.74) is 1.88. The third-order valence-electron chi connectivity index (χ3n) is 5.63. The zero-order valence-corrected chi connectivity index (χ0v) is 18.5. The van der Waals surface area contributed by atoms with Crippen molar-refractivity contribution in [3.8, 4) is 0 Å². The van der Waals surface area contributed by atoms with Crippen molar-refractivity contribution < 1.29 is 19.1 Å². The molecule has 32 heavy (non-hydrogen) atoms. The number of nitrogens with zero attached hydrogens (tertiary/aromatic N) is 3. The summed E-state index contributed by atoms with van der Waals surface area (Å²) < 4.78 is 6.87. The second-order valence-electron chi connectivity index (χ2n) is 8.28. The van der Waals surface area contributed by atoms with Crippen molar-refractivity contribution in [1.82, 2.24) is 20.3 Å². The lowest BCUT2D eigenvalue weighted by Gasteiger charge is -2.11. The average molecular weight is 441 g/mol. The minimum atomic E-state index is -0.456. The van der Waals surface area contributed by atoms with Gasteiger partial charge in [-0.3, -0.25) is 19.7 Å². The Morgan fingerprint density at radius 1 is 1.06 bits per heavy atom. The standard InChI is InChI=1S/C24H32N4O4/c29-22-15-10-14-21(24(31)25-22)28-17-20(26-27-28)13-8-3-1-2-4-9-16-23(30)32-18-19-11-6-5-7-12-19/h5-7,11-12,17,21H,1-4,8-10,13-16,18H2,(H,25,29,31). The van der Waals surface area contributed by atoms with Crippen molar-refractivity contribution in [1.29, 1.82) is 0 Å². The molecule has 2 heterocycles. The van der Waals surface area contributed by atoms with Crippen LogP contribution in [0.2, 0.25) is 0 Å². The number of hydrogen-bond donors (Lipinski definition) is 1. The van der Waals surface area contributed by atoms with Gasteiger partial charge in [0.15, 0.2) is 0 Å². The molecule has 1 saturated heterocycles. The van der Waals surface area contributed by atoms with Crippen LogP contribution in [0.3, 0.4) is 0 Å². The number of amides is 2. The number of aryl methyl sites for hydroxylation is 1. The van der Waals surface area contributed by atoms with E-state index in [1.807, 2.05) is 36.5 Å². The molecule has 1 unspecified atom stereocenters. The number of carbonyl (C=O) groups is 3. The third kappa shape index (κ3) is 7.90. The van der Waals surface area contributed by atoms with Gasteiger partial charge < -0.3 is 4.74 Å². The summed E-state index contributed by atoms with van der Waals surface area (Å²) in [6.07, 6.45) is 10.9. The summed E-state index contributed by atoms with van der Waals surface area (Å²) in [6.45, 7) is 0.341. The minimum Gasteiger partial charge on any atom is -0.461 e. The van der Waals surface area contributed by atoms with Crippen molar-refractivity contribution in [2.75, 3.05) is 0 Å². The molecule has 0 bridgehead atoms. The molecule has 0 spiro atoms. The molecule has 1 fully saturated rings. The molecule has 2 aromatic rings. The van der Waals surface area contributed by atoms with E-state index in [9.17, 15) is 14.4 Å². The zero-order valence-electron chi connectivity index (χ0n) is 18.5. The van der Waals surface area contributed by atoms with Crippen molar-refractivity contribution in [2.45, 2.75) is 83.3 Å². The highest BCUT2D eigenvalue weighted by atomic mass is 16.5. The van der Waals surface area contributed by atoms with Crippen LogP contribution in [0.1, 0.15) is 81.5 Å². The van der Waals surface area contributed by atoms with Gasteiger partial charge >= 0.3 is 5.97 Å². The summed E-state index contributed by atoms with van der Waals surface area (Å²) in [4.78, 5) is 35.4. The molecule has 1 aliphatic heterocycles. The van der Waals surface area contributed by atoms with Gasteiger partial charge in [-0.05, 0) is 37.7 Å². The van der Waals surface area contributed by atoms with E-state index >= 15 is 0 Å². The smallest absolute Gasteiger partial charge is 0.306 e. The normalized spacial score (nSPS) is 16.4. The summed E-state index contributed by atoms with van der Waals surface area (Å²) in [7, 11) is 0. The Labute approximate surface area is 188 Å². The van der Waals surface area contributed by atoms with Crippen molar-refractivity contribution in [3.63, 3.8) is 0 Å². The largest absolute Gasteiger partial charge is 0.461 e. The highest BCUT2D eigenvalue weighted by Crippen LogP contribution is 2.18. The number of hydrogen-bond acceptors (Lipinski definition) is 6. The SMILES string of the molecule is O=C1CCCC(n2cc(CCCCCCCCC(=O)OCc3ccccc3)nn2)C(=O)N1. The van der Waals surface area contributed by atoms with E-state index in [1.165, 1.54) is 0 Å². The van der Waals surface area contributed by atoms with E-state index in [1.54, 1.807) is 4.68 Å². The molecule has 8 heteroatoms. The van der Waals surface area contributed by atoms with Gasteiger partial charge in [-0.25, -0.2) is 4.68 Å². The topological polar surface area (TPSA) is 103 Å². The number of ether oxygens (including phenoxy) is 1. The number of nitrogens with one attached hydrogen (secondary N) is 1. The quantitative estimate of drug-likeness (QED) is 0.307. The first-order valence-corrected chi connectivity index (χ1v) is 11.6. The van der Waals surface area contributed by atoms with Crippen LogP contribution in [0.5, 0.6) is 0 Å². The van der Waals surface area contributed by atoms with E-state index in [4.69, 9.17) is 4.74 Å². The van der Waals surface area contributed by atoms with E-state index in [2.05, 4.69) is 15.6 Å². The number of aromatic nitrogens is 3. The Morgan fingerprint density at radius 2 is 1.81 bits per heavy atom. The molecule has 0 radical (unpaired) electrons. The van der Waals surface area contributed by atoms with Crippen molar-refractivity contribution in [2.24, 2.45) is 0 Å². The summed E-state index contributed by atoms with van der Waals surface area (Å²) in [5, 5.41) is 10.7. The Morgan fingerprint density at radius 3 is 2.62 bits per heavy atom. The highest BCUT2D eigenvalue weighted by molar-refractivity contribution is 5.97. The molecule has 1 atom stereocenters. The maximum Gasteiger partial charge on any atom is 0.306 e. The van der Waals surface area contributed by atoms with Crippen LogP contribution in [-0.4, -0.2) is 32.8 Å². The number of rotatable bonds is 12. The van der Waals surface area contributed by atoms with E-state index in [-0.39, 0.29) is 17.8 Å². The fraction of sp³-hybridized carbons (Fsp3) is 0.542. The number of benzene rings is 1. The average Bonchev–Trinajstić information content (AvgIpc) is 3.18. The second kappa shape index (κ2) is 12.7. The van der Waals surface area contributed by atoms with Crippen molar-refractivity contribution >= 4 is 17.8 Å². The lowest BCUT2D eigenvalue weighted by atomic mass is 10.1. The maximum atomic E-state index is 12.1. The number of esters is 1. The van der Waals surface area contributed by atoms with Gasteiger partial charge in [0.2, 0.25) is 5.91 Å². The first-order chi connectivity index (χ1) is 15.6. The molecular weight excluding hydrogens is 408 g/mol. The number of imide groups is 1. The predicted molar refractivity (Wildman–Crippen MR) is 118 cm³/mol. The Hall–Kier alpha value is -3.03. The van der Waals surface area contributed by atoms with Gasteiger partial charge in [0, 0.05) is 19.0 Å². The van der Waals surface area contributed by atoms with Crippen LogP contribution < -0.4 is 5.32 Å². The summed E-state index contributed by atoms with van der Waals surface area (Å²) in [6, 6.07) is 9.25. The number of carbonyl (C=O) groups excluding carboxylic acids is 3. The molecule has 2 amide bonds. The van der Waals surface area contributed by atoms with E-state index < -0.39 is 6.04 Å². The molecule has 8 nitrogen and oxygen atoms in total. The van der Waals surface area contributed by atoms with Gasteiger partial charge in [-0.1, -0.05) is 61.2 Å². The zero-order chi connectivity index (χ0) is 22.6. The van der Waals surface area contributed by atoms with Gasteiger partial charge in [0.25, 0.3) is 5.91 Å². The number of unbranched alkanes of at least 4 members (excludes halogenated alkanes) is 5. The minimum absolute atomic E-state index is 0.136. The van der Waals surface area contributed by atoms with Crippen LogP contribution in [0, 0.1) is 0 Å². The highest BCUT2D eigenvalue weighted by Gasteiger charge is 2.26. The Kier molecular flexibility index (Phi) is 9.40. The summed E-state index contributed by atoms with van der Waals surface area (Å²) in [5.74, 6) is -0.654. The second-order valence-corrected chi connectivity index (χ2v) is 8.28. The summed E-state index contributed by atoms with van der Waals surface area (Å²) >= 11 is 0. The van der Waals surface area contributed by atoms with Gasteiger partial charge in [0.1, 0.15) is 12.6 Å². The lowest BCUT2D eigenvalue weighted by Crippen LogP contribution is -2.34. The van der Waals surface area contributed by atoms with Gasteiger partial charge in [0.05, 0.1) is 5.69 Å². The predicted octanol–water partition coefficient (Wildman–Crippen LogP) is 3.66. The molecule has 0 aliphatic carbocycles. The first kappa shape index (κ1) is 23.6. The molecule has 1 N–H and O–H groups in total. The van der Waals surface area contributed by atoms with Crippen LogP contribution >= 0.6 is 0 Å². The fourth-order valence-electron chi connectivity index (χ4n) is 3.80. The Bertz CT molecular complexity index is 881. The van der Waals surface area contributed by atoms with Crippen LogP contribution in [0.25, 0.3) is 0 Å². The van der Waals surface area contributed by atoms with Crippen LogP contribution in [-0.2, 0) is 32.1 Å². The van der Waals surface area contributed by atoms with E-state index in [0.29, 0.717) is 32.3 Å². The lowest BCUT2D eigenvalue weighted by molar-refractivity contribution is -0.145. The molecular formula is C24H32N4O4. The molecule has 1 aromatic heterocycles. The molecule has 3 rings (SSSR count). The molecule has 1 aliphatic rings. The van der Waals surface area contributed by atoms with Crippen LogP contribution in [0.15, 0.2) is 36.5 Å². The van der Waals surface area contributed by atoms with Gasteiger partial charge in [-0.2, -0.15) is 0 Å².